The average molecular weight is 405 g/mol. The highest BCUT2D eigenvalue weighted by atomic mass is 79.9. The molecule has 136 valence electrons. The summed E-state index contributed by atoms with van der Waals surface area (Å²) < 4.78 is 0.924. The Labute approximate surface area is 160 Å². The first kappa shape index (κ1) is 18.7. The van der Waals surface area contributed by atoms with Crippen LogP contribution in [0.1, 0.15) is 51.4 Å². The van der Waals surface area contributed by atoms with Crippen molar-refractivity contribution in [2.75, 3.05) is 31.6 Å². The first-order valence-corrected chi connectivity index (χ1v) is 10.4. The molecular weight excluding hydrogens is 376 g/mol. The topological polar surface area (TPSA) is 32.3 Å². The minimum Gasteiger partial charge on any atom is -0.341 e. The van der Waals surface area contributed by atoms with Crippen LogP contribution in [0.3, 0.4) is 0 Å². The van der Waals surface area contributed by atoms with E-state index < -0.39 is 0 Å². The summed E-state index contributed by atoms with van der Waals surface area (Å²) in [5.74, 6) is 8.38. The van der Waals surface area contributed by atoms with Crippen molar-refractivity contribution in [2.24, 2.45) is 5.92 Å². The quantitative estimate of drug-likeness (QED) is 0.706. The standard InChI is InChI=1S/C20H29BrN4/c1-24(20-22-15-18(21)16-23-20)19-10-8-17(9-11-19)7-3-6-14-25-12-4-2-5-13-25/h15-17,19H,2,4-6,8-14H2,1H3/t17-,19-. The minimum absolute atomic E-state index is 0.535. The molecule has 2 aliphatic rings. The Morgan fingerprint density at radius 2 is 1.80 bits per heavy atom. The molecule has 0 radical (unpaired) electrons. The van der Waals surface area contributed by atoms with Gasteiger partial charge in [-0.3, -0.25) is 0 Å². The summed E-state index contributed by atoms with van der Waals surface area (Å²) in [5, 5.41) is 0. The molecule has 5 heteroatoms. The largest absolute Gasteiger partial charge is 0.341 e. The third-order valence-electron chi connectivity index (χ3n) is 5.47. The average Bonchev–Trinajstić information content (AvgIpc) is 2.67. The van der Waals surface area contributed by atoms with E-state index in [1.165, 1.54) is 58.0 Å². The number of hydrogen-bond donors (Lipinski definition) is 0. The minimum atomic E-state index is 0.535. The Kier molecular flexibility index (Phi) is 7.12. The van der Waals surface area contributed by atoms with E-state index in [1.807, 2.05) is 12.4 Å². The summed E-state index contributed by atoms with van der Waals surface area (Å²) >= 11 is 3.39. The molecule has 2 heterocycles. The van der Waals surface area contributed by atoms with Gasteiger partial charge in [0.2, 0.25) is 5.95 Å². The molecule has 0 aromatic carbocycles. The zero-order chi connectivity index (χ0) is 17.5. The van der Waals surface area contributed by atoms with Crippen molar-refractivity contribution in [3.63, 3.8) is 0 Å². The molecule has 0 amide bonds. The maximum atomic E-state index is 4.41. The smallest absolute Gasteiger partial charge is 0.225 e. The third-order valence-corrected chi connectivity index (χ3v) is 5.88. The number of nitrogens with zero attached hydrogens (tertiary/aromatic N) is 4. The van der Waals surface area contributed by atoms with Gasteiger partial charge in [-0.2, -0.15) is 0 Å². The van der Waals surface area contributed by atoms with Crippen LogP contribution >= 0.6 is 15.9 Å². The Morgan fingerprint density at radius 1 is 1.12 bits per heavy atom. The van der Waals surface area contributed by atoms with Crippen LogP contribution in [0.15, 0.2) is 16.9 Å². The summed E-state index contributed by atoms with van der Waals surface area (Å²) in [6.07, 6.45) is 13.6. The van der Waals surface area contributed by atoms with E-state index in [1.54, 1.807) is 0 Å². The molecule has 3 rings (SSSR count). The maximum absolute atomic E-state index is 4.41. The highest BCUT2D eigenvalue weighted by Gasteiger charge is 2.24. The Morgan fingerprint density at radius 3 is 2.48 bits per heavy atom. The van der Waals surface area contributed by atoms with Gasteiger partial charge in [-0.15, -0.1) is 5.92 Å². The Hall–Kier alpha value is -1.12. The van der Waals surface area contributed by atoms with Crippen molar-refractivity contribution < 1.29 is 0 Å². The Bertz CT molecular complexity index is 578. The van der Waals surface area contributed by atoms with Crippen LogP contribution in [-0.2, 0) is 0 Å². The molecule has 25 heavy (non-hydrogen) atoms. The van der Waals surface area contributed by atoms with E-state index in [0.29, 0.717) is 12.0 Å². The van der Waals surface area contributed by atoms with Crippen molar-refractivity contribution >= 4 is 21.9 Å². The van der Waals surface area contributed by atoms with Crippen molar-refractivity contribution in [1.82, 2.24) is 14.9 Å². The zero-order valence-electron chi connectivity index (χ0n) is 15.3. The SMILES string of the molecule is CN(c1ncc(Br)cn1)[C@H]1CC[C@H](C#CCCN2CCCCC2)CC1. The Balaban J connectivity index is 1.39. The fourth-order valence-electron chi connectivity index (χ4n) is 3.87. The van der Waals surface area contributed by atoms with Gasteiger partial charge in [-0.05, 0) is 67.5 Å². The number of aromatic nitrogens is 2. The molecular formula is C20H29BrN4. The van der Waals surface area contributed by atoms with Gasteiger partial charge in [-0.1, -0.05) is 12.3 Å². The van der Waals surface area contributed by atoms with Crippen LogP contribution in [0.4, 0.5) is 5.95 Å². The number of halogens is 1. The highest BCUT2D eigenvalue weighted by molar-refractivity contribution is 9.10. The lowest BCUT2D eigenvalue weighted by Gasteiger charge is -2.33. The van der Waals surface area contributed by atoms with E-state index in [4.69, 9.17) is 0 Å². The number of piperidine rings is 1. The molecule has 0 bridgehead atoms. The first-order chi connectivity index (χ1) is 12.2. The molecule has 1 aromatic rings. The highest BCUT2D eigenvalue weighted by Crippen LogP contribution is 2.28. The molecule has 1 aliphatic heterocycles. The molecule has 1 aromatic heterocycles. The molecule has 0 N–H and O–H groups in total. The fourth-order valence-corrected chi connectivity index (χ4v) is 4.08. The molecule has 1 aliphatic carbocycles. The summed E-state index contributed by atoms with van der Waals surface area (Å²) in [4.78, 5) is 13.6. The summed E-state index contributed by atoms with van der Waals surface area (Å²) in [6, 6.07) is 0.535. The van der Waals surface area contributed by atoms with Crippen molar-refractivity contribution in [1.29, 1.82) is 0 Å². The second-order valence-electron chi connectivity index (χ2n) is 7.29. The number of anilines is 1. The van der Waals surface area contributed by atoms with Gasteiger partial charge in [0, 0.05) is 44.4 Å². The van der Waals surface area contributed by atoms with Gasteiger partial charge in [0.15, 0.2) is 0 Å². The molecule has 0 unspecified atom stereocenters. The first-order valence-electron chi connectivity index (χ1n) is 9.63. The zero-order valence-corrected chi connectivity index (χ0v) is 16.8. The maximum Gasteiger partial charge on any atom is 0.225 e. The van der Waals surface area contributed by atoms with Crippen LogP contribution < -0.4 is 4.90 Å². The van der Waals surface area contributed by atoms with E-state index in [9.17, 15) is 0 Å². The van der Waals surface area contributed by atoms with Crippen LogP contribution in [0, 0.1) is 17.8 Å². The van der Waals surface area contributed by atoms with E-state index in [0.717, 1.165) is 23.4 Å². The van der Waals surface area contributed by atoms with Gasteiger partial charge >= 0.3 is 0 Å². The van der Waals surface area contributed by atoms with E-state index in [2.05, 4.69) is 54.6 Å². The summed E-state index contributed by atoms with van der Waals surface area (Å²) in [6.45, 7) is 3.71. The van der Waals surface area contributed by atoms with Gasteiger partial charge in [0.05, 0.1) is 4.47 Å². The lowest BCUT2D eigenvalue weighted by Crippen LogP contribution is -2.36. The number of hydrogen-bond acceptors (Lipinski definition) is 4. The van der Waals surface area contributed by atoms with Crippen LogP contribution in [0.5, 0.6) is 0 Å². The normalized spacial score (nSPS) is 24.4. The second kappa shape index (κ2) is 9.54. The lowest BCUT2D eigenvalue weighted by molar-refractivity contribution is 0.234. The van der Waals surface area contributed by atoms with Crippen molar-refractivity contribution in [3.05, 3.63) is 16.9 Å². The molecule has 4 nitrogen and oxygen atoms in total. The van der Waals surface area contributed by atoms with Gasteiger partial charge in [-0.25, -0.2) is 9.97 Å². The number of likely N-dealkylation sites (tertiary alicyclic amines) is 1. The predicted octanol–water partition coefficient (Wildman–Crippen LogP) is 4.11. The number of rotatable bonds is 4. The molecule has 0 spiro atoms. The summed E-state index contributed by atoms with van der Waals surface area (Å²) in [7, 11) is 2.11. The van der Waals surface area contributed by atoms with Crippen LogP contribution in [0.25, 0.3) is 0 Å². The van der Waals surface area contributed by atoms with Gasteiger partial charge < -0.3 is 9.80 Å². The van der Waals surface area contributed by atoms with Gasteiger partial charge in [0.25, 0.3) is 0 Å². The third kappa shape index (κ3) is 5.69. The van der Waals surface area contributed by atoms with Crippen LogP contribution in [-0.4, -0.2) is 47.6 Å². The predicted molar refractivity (Wildman–Crippen MR) is 107 cm³/mol. The van der Waals surface area contributed by atoms with E-state index in [-0.39, 0.29) is 0 Å². The summed E-state index contributed by atoms with van der Waals surface area (Å²) in [5.41, 5.74) is 0. The molecule has 2 fully saturated rings. The molecule has 1 saturated carbocycles. The lowest BCUT2D eigenvalue weighted by atomic mass is 9.86. The molecule has 1 saturated heterocycles. The van der Waals surface area contributed by atoms with Crippen LogP contribution in [0.2, 0.25) is 0 Å². The van der Waals surface area contributed by atoms with Gasteiger partial charge in [0.1, 0.15) is 0 Å². The van der Waals surface area contributed by atoms with E-state index >= 15 is 0 Å². The molecule has 0 atom stereocenters. The fraction of sp³-hybridized carbons (Fsp3) is 0.700. The van der Waals surface area contributed by atoms with Crippen molar-refractivity contribution in [3.8, 4) is 11.8 Å². The van der Waals surface area contributed by atoms with Crippen molar-refractivity contribution in [2.45, 2.75) is 57.4 Å². The second-order valence-corrected chi connectivity index (χ2v) is 8.21. The monoisotopic (exact) mass is 404 g/mol.